The van der Waals surface area contributed by atoms with Crippen LogP contribution in [0, 0.1) is 11.3 Å². The van der Waals surface area contributed by atoms with Gasteiger partial charge in [-0.05, 0) is 24.3 Å². The second-order valence-corrected chi connectivity index (χ2v) is 3.90. The molecule has 0 aliphatic rings. The molecule has 0 radical (unpaired) electrons. The van der Waals surface area contributed by atoms with Gasteiger partial charge in [0.15, 0.2) is 5.69 Å². The van der Waals surface area contributed by atoms with Gasteiger partial charge in [0.25, 0.3) is 0 Å². The van der Waals surface area contributed by atoms with E-state index in [4.69, 9.17) is 5.26 Å². The zero-order valence-electron chi connectivity index (χ0n) is 9.91. The molecule has 2 aromatic heterocycles. The lowest BCUT2D eigenvalue weighted by atomic mass is 10.2. The second kappa shape index (κ2) is 4.70. The molecular formula is C14H9N5. The normalized spacial score (nSPS) is 10.1. The molecule has 0 amide bonds. The molecule has 3 aromatic rings. The number of nitrogens with one attached hydrogen (secondary N) is 1. The summed E-state index contributed by atoms with van der Waals surface area (Å²) in [6, 6.07) is 11.6. The number of nitrogens with zero attached hydrogens (tertiary/aromatic N) is 4. The monoisotopic (exact) mass is 247 g/mol. The van der Waals surface area contributed by atoms with Crippen LogP contribution in [0.15, 0.2) is 48.9 Å². The summed E-state index contributed by atoms with van der Waals surface area (Å²) >= 11 is 0. The molecule has 0 saturated heterocycles. The predicted molar refractivity (Wildman–Crippen MR) is 71.8 cm³/mol. The summed E-state index contributed by atoms with van der Waals surface area (Å²) in [4.78, 5) is 12.4. The first kappa shape index (κ1) is 11.1. The number of hydrogen-bond donors (Lipinski definition) is 1. The maximum absolute atomic E-state index is 8.68. The minimum atomic E-state index is 0.296. The van der Waals surface area contributed by atoms with Crippen molar-refractivity contribution in [2.75, 3.05) is 5.32 Å². The highest BCUT2D eigenvalue weighted by atomic mass is 15.0. The van der Waals surface area contributed by atoms with Crippen LogP contribution in [0.25, 0.3) is 10.9 Å². The Morgan fingerprint density at radius 2 is 1.95 bits per heavy atom. The Labute approximate surface area is 109 Å². The standard InChI is InChI=1S/C14H9N5/c15-7-10-8-18-14(9-17-10)19-13-5-1-4-12-11(13)3-2-6-16-12/h1-6,8-9H,(H,18,19). The predicted octanol–water partition coefficient (Wildman–Crippen LogP) is 2.64. The van der Waals surface area contributed by atoms with E-state index < -0.39 is 0 Å². The van der Waals surface area contributed by atoms with E-state index in [-0.39, 0.29) is 0 Å². The van der Waals surface area contributed by atoms with E-state index in [0.29, 0.717) is 11.5 Å². The number of nitriles is 1. The molecule has 5 nitrogen and oxygen atoms in total. The smallest absolute Gasteiger partial charge is 0.158 e. The first-order chi connectivity index (χ1) is 9.36. The Hall–Kier alpha value is -3.00. The molecule has 0 bridgehead atoms. The van der Waals surface area contributed by atoms with Gasteiger partial charge >= 0.3 is 0 Å². The number of pyridine rings is 1. The van der Waals surface area contributed by atoms with Crippen LogP contribution in [0.4, 0.5) is 11.5 Å². The van der Waals surface area contributed by atoms with E-state index in [1.165, 1.54) is 12.4 Å². The molecule has 1 aromatic carbocycles. The van der Waals surface area contributed by atoms with E-state index >= 15 is 0 Å². The third-order valence-electron chi connectivity index (χ3n) is 2.67. The van der Waals surface area contributed by atoms with Gasteiger partial charge < -0.3 is 5.32 Å². The fourth-order valence-electron chi connectivity index (χ4n) is 1.80. The van der Waals surface area contributed by atoms with Gasteiger partial charge in [-0.25, -0.2) is 9.97 Å². The highest BCUT2D eigenvalue weighted by Crippen LogP contribution is 2.23. The van der Waals surface area contributed by atoms with E-state index in [1.807, 2.05) is 36.4 Å². The summed E-state index contributed by atoms with van der Waals surface area (Å²) in [6.07, 6.45) is 4.73. The number of fused-ring (bicyclic) bond motifs is 1. The van der Waals surface area contributed by atoms with E-state index in [1.54, 1.807) is 6.20 Å². The lowest BCUT2D eigenvalue weighted by Crippen LogP contribution is -1.96. The van der Waals surface area contributed by atoms with Crippen LogP contribution in [0.2, 0.25) is 0 Å². The van der Waals surface area contributed by atoms with Gasteiger partial charge in [0, 0.05) is 17.3 Å². The minimum Gasteiger partial charge on any atom is -0.338 e. The maximum atomic E-state index is 8.68. The summed E-state index contributed by atoms with van der Waals surface area (Å²) < 4.78 is 0. The molecule has 0 aliphatic heterocycles. The third-order valence-corrected chi connectivity index (χ3v) is 2.67. The van der Waals surface area contributed by atoms with Crippen LogP contribution in [-0.4, -0.2) is 15.0 Å². The van der Waals surface area contributed by atoms with Gasteiger partial charge in [-0.3, -0.25) is 4.98 Å². The largest absolute Gasteiger partial charge is 0.338 e. The molecule has 0 unspecified atom stereocenters. The zero-order valence-corrected chi connectivity index (χ0v) is 9.91. The van der Waals surface area contributed by atoms with Crippen LogP contribution in [0.5, 0.6) is 0 Å². The average Bonchev–Trinajstić information content (AvgIpc) is 2.48. The van der Waals surface area contributed by atoms with Gasteiger partial charge in [-0.1, -0.05) is 6.07 Å². The fourth-order valence-corrected chi connectivity index (χ4v) is 1.80. The van der Waals surface area contributed by atoms with Gasteiger partial charge in [0.05, 0.1) is 17.9 Å². The van der Waals surface area contributed by atoms with E-state index in [9.17, 15) is 0 Å². The molecule has 0 atom stereocenters. The number of benzene rings is 1. The quantitative estimate of drug-likeness (QED) is 0.753. The summed E-state index contributed by atoms with van der Waals surface area (Å²) in [5.74, 6) is 0.593. The summed E-state index contributed by atoms with van der Waals surface area (Å²) in [5.41, 5.74) is 2.11. The lowest BCUT2D eigenvalue weighted by Gasteiger charge is -2.07. The molecule has 0 saturated carbocycles. The maximum Gasteiger partial charge on any atom is 0.158 e. The van der Waals surface area contributed by atoms with Gasteiger partial charge in [-0.15, -0.1) is 0 Å². The Morgan fingerprint density at radius 3 is 2.74 bits per heavy atom. The number of anilines is 2. The number of rotatable bonds is 2. The Bertz CT molecular complexity index is 753. The number of hydrogen-bond acceptors (Lipinski definition) is 5. The fraction of sp³-hybridized carbons (Fsp3) is 0. The summed E-state index contributed by atoms with van der Waals surface area (Å²) in [7, 11) is 0. The number of aromatic nitrogens is 3. The highest BCUT2D eigenvalue weighted by molar-refractivity contribution is 5.92. The van der Waals surface area contributed by atoms with Crippen molar-refractivity contribution < 1.29 is 0 Å². The minimum absolute atomic E-state index is 0.296. The molecule has 19 heavy (non-hydrogen) atoms. The van der Waals surface area contributed by atoms with Crippen molar-refractivity contribution in [3.05, 3.63) is 54.6 Å². The van der Waals surface area contributed by atoms with Gasteiger partial charge in [0.1, 0.15) is 11.9 Å². The lowest BCUT2D eigenvalue weighted by molar-refractivity contribution is 1.16. The summed E-state index contributed by atoms with van der Waals surface area (Å²) in [6.45, 7) is 0. The van der Waals surface area contributed by atoms with Gasteiger partial charge in [-0.2, -0.15) is 5.26 Å². The van der Waals surface area contributed by atoms with Crippen molar-refractivity contribution >= 4 is 22.4 Å². The van der Waals surface area contributed by atoms with Crippen molar-refractivity contribution in [1.29, 1.82) is 5.26 Å². The van der Waals surface area contributed by atoms with E-state index in [0.717, 1.165) is 16.6 Å². The van der Waals surface area contributed by atoms with Crippen LogP contribution < -0.4 is 5.32 Å². The van der Waals surface area contributed by atoms with Crippen LogP contribution in [0.1, 0.15) is 5.69 Å². The van der Waals surface area contributed by atoms with E-state index in [2.05, 4.69) is 20.3 Å². The molecule has 0 fully saturated rings. The zero-order chi connectivity index (χ0) is 13.1. The highest BCUT2D eigenvalue weighted by Gasteiger charge is 2.02. The topological polar surface area (TPSA) is 74.5 Å². The Morgan fingerprint density at radius 1 is 1.00 bits per heavy atom. The average molecular weight is 247 g/mol. The van der Waals surface area contributed by atoms with Crippen molar-refractivity contribution in [2.24, 2.45) is 0 Å². The van der Waals surface area contributed by atoms with Crippen LogP contribution in [0.3, 0.4) is 0 Å². The van der Waals surface area contributed by atoms with Crippen LogP contribution >= 0.6 is 0 Å². The third kappa shape index (κ3) is 2.19. The van der Waals surface area contributed by atoms with Gasteiger partial charge in [0.2, 0.25) is 0 Å². The molecule has 1 N–H and O–H groups in total. The first-order valence-electron chi connectivity index (χ1n) is 5.70. The Kier molecular flexibility index (Phi) is 2.75. The molecule has 3 rings (SSSR count). The van der Waals surface area contributed by atoms with Crippen molar-refractivity contribution in [3.8, 4) is 6.07 Å². The molecule has 0 aliphatic carbocycles. The first-order valence-corrected chi connectivity index (χ1v) is 5.70. The molecule has 90 valence electrons. The molecular weight excluding hydrogens is 238 g/mol. The van der Waals surface area contributed by atoms with Crippen molar-refractivity contribution in [3.63, 3.8) is 0 Å². The molecule has 0 spiro atoms. The Balaban J connectivity index is 1.99. The van der Waals surface area contributed by atoms with Crippen molar-refractivity contribution in [2.45, 2.75) is 0 Å². The molecule has 5 heteroatoms. The molecule has 2 heterocycles. The summed E-state index contributed by atoms with van der Waals surface area (Å²) in [5, 5.41) is 12.9. The SMILES string of the molecule is N#Cc1cnc(Nc2cccc3ncccc23)cn1. The van der Waals surface area contributed by atoms with Crippen LogP contribution in [-0.2, 0) is 0 Å². The second-order valence-electron chi connectivity index (χ2n) is 3.90. The van der Waals surface area contributed by atoms with Crippen molar-refractivity contribution in [1.82, 2.24) is 15.0 Å².